The molecule has 3 rings (SSSR count). The van der Waals surface area contributed by atoms with Crippen molar-refractivity contribution >= 4 is 17.9 Å². The normalized spacial score (nSPS) is 12.7. The highest BCUT2D eigenvalue weighted by Crippen LogP contribution is 2.31. The first-order valence-electron chi connectivity index (χ1n) is 10.8. The zero-order valence-corrected chi connectivity index (χ0v) is 19.9. The molecule has 1 N–H and O–H groups in total. The second kappa shape index (κ2) is 11.1. The van der Waals surface area contributed by atoms with Crippen molar-refractivity contribution in [2.24, 2.45) is 5.92 Å². The summed E-state index contributed by atoms with van der Waals surface area (Å²) in [6.45, 7) is 4.19. The molecular weight excluding hydrogens is 464 g/mol. The lowest BCUT2D eigenvalue weighted by molar-refractivity contribution is -0.137. The Morgan fingerprint density at radius 3 is 2.21 bits per heavy atom. The first-order valence-corrected chi connectivity index (χ1v) is 11.5. The van der Waals surface area contributed by atoms with Gasteiger partial charge in [0.25, 0.3) is 0 Å². The van der Waals surface area contributed by atoms with Crippen LogP contribution >= 0.6 is 11.9 Å². The molecule has 0 heterocycles. The van der Waals surface area contributed by atoms with Crippen molar-refractivity contribution in [2.75, 3.05) is 7.05 Å². The molecule has 0 aliphatic heterocycles. The Balaban J connectivity index is 1.66. The van der Waals surface area contributed by atoms with Crippen molar-refractivity contribution in [2.45, 2.75) is 37.5 Å². The third-order valence-corrected chi connectivity index (χ3v) is 6.29. The van der Waals surface area contributed by atoms with Crippen LogP contribution in [-0.2, 0) is 17.5 Å². The number of alkyl halides is 3. The Kier molecular flexibility index (Phi) is 8.38. The maximum absolute atomic E-state index is 13.2. The average molecular weight is 491 g/mol. The van der Waals surface area contributed by atoms with Crippen molar-refractivity contribution in [3.05, 3.63) is 89.7 Å². The van der Waals surface area contributed by atoms with Gasteiger partial charge >= 0.3 is 6.18 Å². The first kappa shape index (κ1) is 25.8. The van der Waals surface area contributed by atoms with Gasteiger partial charge in [0.2, 0.25) is 5.91 Å². The molecule has 0 unspecified atom stereocenters. The van der Waals surface area contributed by atoms with Gasteiger partial charge in [-0.3, -0.25) is 4.79 Å². The molecule has 8 heteroatoms. The summed E-state index contributed by atoms with van der Waals surface area (Å²) in [7, 11) is 1.82. The molecule has 0 aliphatic rings. The predicted molar refractivity (Wildman–Crippen MR) is 127 cm³/mol. The maximum Gasteiger partial charge on any atom is 0.416 e. The summed E-state index contributed by atoms with van der Waals surface area (Å²) < 4.78 is 53.5. The minimum Gasteiger partial charge on any atom is -0.351 e. The SMILES string of the molecule is CC(C)[C@@H](C(=O)NCc1cccc(-c2ccc(C(F)(F)F)cc2)c1)N(C)Sc1ccc(F)cc1. The summed E-state index contributed by atoms with van der Waals surface area (Å²) in [5.41, 5.74) is 1.57. The van der Waals surface area contributed by atoms with Crippen molar-refractivity contribution in [3.63, 3.8) is 0 Å². The van der Waals surface area contributed by atoms with Gasteiger partial charge in [-0.2, -0.15) is 13.2 Å². The number of benzene rings is 3. The van der Waals surface area contributed by atoms with E-state index in [1.807, 2.05) is 49.5 Å². The topological polar surface area (TPSA) is 32.3 Å². The van der Waals surface area contributed by atoms with Gasteiger partial charge in [-0.15, -0.1) is 0 Å². The van der Waals surface area contributed by atoms with Crippen LogP contribution in [0.15, 0.2) is 77.7 Å². The lowest BCUT2D eigenvalue weighted by Gasteiger charge is -2.29. The molecule has 0 spiro atoms. The number of nitrogens with zero attached hydrogens (tertiary/aromatic N) is 1. The molecule has 0 aliphatic carbocycles. The standard InChI is InChI=1S/C26H26F4N2OS/c1-17(2)24(32(3)34-23-13-11-22(27)12-14-23)25(33)31-16-18-5-4-6-20(15-18)19-7-9-21(10-8-19)26(28,29)30/h4-15,17,24H,16H2,1-3H3,(H,31,33)/t24-/m0/s1. The lowest BCUT2D eigenvalue weighted by Crippen LogP contribution is -2.45. The van der Waals surface area contributed by atoms with Crippen LogP contribution in [0.3, 0.4) is 0 Å². The van der Waals surface area contributed by atoms with Crippen LogP contribution in [0.1, 0.15) is 25.0 Å². The van der Waals surface area contributed by atoms with Crippen molar-refractivity contribution in [3.8, 4) is 11.1 Å². The quantitative estimate of drug-likeness (QED) is 0.279. The highest BCUT2D eigenvalue weighted by Gasteiger charge is 2.30. The largest absolute Gasteiger partial charge is 0.416 e. The highest BCUT2D eigenvalue weighted by molar-refractivity contribution is 7.97. The summed E-state index contributed by atoms with van der Waals surface area (Å²) in [6, 6.07) is 18.0. The highest BCUT2D eigenvalue weighted by atomic mass is 32.2. The van der Waals surface area contributed by atoms with Crippen molar-refractivity contribution < 1.29 is 22.4 Å². The van der Waals surface area contributed by atoms with E-state index in [0.717, 1.165) is 28.2 Å². The number of likely N-dealkylation sites (N-methyl/N-ethyl adjacent to an activating group) is 1. The summed E-state index contributed by atoms with van der Waals surface area (Å²) in [6.07, 6.45) is -4.38. The molecule has 0 aromatic heterocycles. The number of nitrogens with one attached hydrogen (secondary N) is 1. The van der Waals surface area contributed by atoms with E-state index in [2.05, 4.69) is 5.32 Å². The smallest absolute Gasteiger partial charge is 0.351 e. The second-order valence-electron chi connectivity index (χ2n) is 8.27. The Hall–Kier alpha value is -2.84. The van der Waals surface area contributed by atoms with E-state index in [1.54, 1.807) is 12.1 Å². The van der Waals surface area contributed by atoms with Crippen LogP contribution in [0.25, 0.3) is 11.1 Å². The number of carbonyl (C=O) groups excluding carboxylic acids is 1. The van der Waals surface area contributed by atoms with Gasteiger partial charge in [-0.1, -0.05) is 44.2 Å². The first-order chi connectivity index (χ1) is 16.0. The van der Waals surface area contributed by atoms with Gasteiger partial charge in [0.1, 0.15) is 11.9 Å². The fourth-order valence-electron chi connectivity index (χ4n) is 3.61. The van der Waals surface area contributed by atoms with E-state index < -0.39 is 17.8 Å². The van der Waals surface area contributed by atoms with Gasteiger partial charge in [-0.25, -0.2) is 8.70 Å². The van der Waals surface area contributed by atoms with E-state index in [0.29, 0.717) is 5.56 Å². The van der Waals surface area contributed by atoms with E-state index in [-0.39, 0.29) is 24.2 Å². The zero-order chi connectivity index (χ0) is 24.9. The van der Waals surface area contributed by atoms with Crippen LogP contribution in [-0.4, -0.2) is 23.3 Å². The third-order valence-electron chi connectivity index (χ3n) is 5.29. The molecule has 3 aromatic rings. The third kappa shape index (κ3) is 6.84. The number of halogens is 4. The van der Waals surface area contributed by atoms with Gasteiger partial charge in [0.15, 0.2) is 0 Å². The average Bonchev–Trinajstić information content (AvgIpc) is 2.79. The molecule has 180 valence electrons. The van der Waals surface area contributed by atoms with Gasteiger partial charge in [-0.05, 0) is 84.1 Å². The van der Waals surface area contributed by atoms with Crippen LogP contribution in [0, 0.1) is 11.7 Å². The fraction of sp³-hybridized carbons (Fsp3) is 0.269. The Morgan fingerprint density at radius 2 is 1.62 bits per heavy atom. The number of rotatable bonds is 8. The van der Waals surface area contributed by atoms with Gasteiger partial charge in [0.05, 0.1) is 5.56 Å². The molecule has 0 radical (unpaired) electrons. The predicted octanol–water partition coefficient (Wildman–Crippen LogP) is 6.79. The van der Waals surface area contributed by atoms with Crippen molar-refractivity contribution in [1.29, 1.82) is 0 Å². The number of carbonyl (C=O) groups is 1. The Labute approximate surface area is 201 Å². The van der Waals surface area contributed by atoms with E-state index in [4.69, 9.17) is 0 Å². The molecule has 1 atom stereocenters. The van der Waals surface area contributed by atoms with Gasteiger partial charge < -0.3 is 5.32 Å². The van der Waals surface area contributed by atoms with Crippen LogP contribution < -0.4 is 5.32 Å². The van der Waals surface area contributed by atoms with Crippen molar-refractivity contribution in [1.82, 2.24) is 9.62 Å². The summed E-state index contributed by atoms with van der Waals surface area (Å²) >= 11 is 1.37. The van der Waals surface area contributed by atoms with Crippen LogP contribution in [0.4, 0.5) is 17.6 Å². The minimum absolute atomic E-state index is 0.0245. The molecule has 0 fully saturated rings. The number of hydrogen-bond acceptors (Lipinski definition) is 3. The Morgan fingerprint density at radius 1 is 0.971 bits per heavy atom. The molecule has 1 amide bonds. The monoisotopic (exact) mass is 490 g/mol. The van der Waals surface area contributed by atoms with E-state index in [9.17, 15) is 22.4 Å². The second-order valence-corrected chi connectivity index (χ2v) is 9.50. The number of hydrogen-bond donors (Lipinski definition) is 1. The molecule has 34 heavy (non-hydrogen) atoms. The zero-order valence-electron chi connectivity index (χ0n) is 19.1. The fourth-order valence-corrected chi connectivity index (χ4v) is 4.66. The lowest BCUT2D eigenvalue weighted by atomic mass is 10.0. The molecule has 0 bridgehead atoms. The molecule has 3 nitrogen and oxygen atoms in total. The van der Waals surface area contributed by atoms with E-state index >= 15 is 0 Å². The van der Waals surface area contributed by atoms with Crippen LogP contribution in [0.5, 0.6) is 0 Å². The molecule has 3 aromatic carbocycles. The Bertz CT molecular complexity index is 1100. The molecular formula is C26H26F4N2OS. The van der Waals surface area contributed by atoms with Crippen LogP contribution in [0.2, 0.25) is 0 Å². The number of amides is 1. The molecule has 0 saturated carbocycles. The molecule has 0 saturated heterocycles. The summed E-state index contributed by atoms with van der Waals surface area (Å²) in [5.74, 6) is -0.438. The minimum atomic E-state index is -4.38. The summed E-state index contributed by atoms with van der Waals surface area (Å²) in [5, 5.41) is 2.96. The van der Waals surface area contributed by atoms with Gasteiger partial charge in [0, 0.05) is 11.4 Å². The maximum atomic E-state index is 13.2. The van der Waals surface area contributed by atoms with E-state index in [1.165, 1.54) is 36.2 Å². The summed E-state index contributed by atoms with van der Waals surface area (Å²) in [4.78, 5) is 13.8.